The van der Waals surface area contributed by atoms with Crippen LogP contribution in [0, 0.1) is 12.8 Å². The lowest BCUT2D eigenvalue weighted by Gasteiger charge is -2.29. The van der Waals surface area contributed by atoms with Crippen LogP contribution in [0.4, 0.5) is 0 Å². The minimum atomic E-state index is 0.580. The fourth-order valence-corrected chi connectivity index (χ4v) is 3.20. The predicted molar refractivity (Wildman–Crippen MR) is 93.2 cm³/mol. The molecule has 0 unspecified atom stereocenters. The van der Waals surface area contributed by atoms with Gasteiger partial charge in [0.25, 0.3) is 0 Å². The van der Waals surface area contributed by atoms with Gasteiger partial charge in [0.05, 0.1) is 0 Å². The monoisotopic (exact) mass is 302 g/mol. The quantitative estimate of drug-likeness (QED) is 0.649. The lowest BCUT2D eigenvalue weighted by Crippen LogP contribution is -2.45. The van der Waals surface area contributed by atoms with E-state index in [2.05, 4.69) is 40.5 Å². The number of pyridine rings is 1. The number of aromatic nitrogens is 1. The van der Waals surface area contributed by atoms with Crippen LogP contribution in [-0.4, -0.2) is 30.6 Å². The first-order chi connectivity index (χ1) is 10.7. The van der Waals surface area contributed by atoms with Crippen LogP contribution in [0.5, 0.6) is 0 Å². The number of guanidine groups is 1. The zero-order valence-corrected chi connectivity index (χ0v) is 14.2. The zero-order valence-electron chi connectivity index (χ0n) is 14.2. The van der Waals surface area contributed by atoms with Gasteiger partial charge >= 0.3 is 0 Å². The Morgan fingerprint density at radius 1 is 1.32 bits per heavy atom. The van der Waals surface area contributed by atoms with Gasteiger partial charge in [-0.15, -0.1) is 0 Å². The molecule has 1 aromatic heterocycles. The van der Waals surface area contributed by atoms with Crippen LogP contribution in [0.25, 0.3) is 0 Å². The Morgan fingerprint density at radius 2 is 2.09 bits per heavy atom. The van der Waals surface area contributed by atoms with Crippen LogP contribution < -0.4 is 10.6 Å². The number of aliphatic imine (C=N–C) groups is 1. The van der Waals surface area contributed by atoms with Crippen molar-refractivity contribution in [3.05, 3.63) is 29.6 Å². The van der Waals surface area contributed by atoms with Crippen molar-refractivity contribution in [2.45, 2.75) is 58.4 Å². The molecule has 1 heterocycles. The molecule has 2 rings (SSSR count). The minimum absolute atomic E-state index is 0.580. The van der Waals surface area contributed by atoms with Crippen LogP contribution in [0.15, 0.2) is 23.5 Å². The molecule has 1 aliphatic carbocycles. The predicted octanol–water partition coefficient (Wildman–Crippen LogP) is 3.07. The Labute approximate surface area is 134 Å². The molecule has 1 aromatic rings. The van der Waals surface area contributed by atoms with Crippen molar-refractivity contribution in [2.24, 2.45) is 10.9 Å². The summed E-state index contributed by atoms with van der Waals surface area (Å²) in [7, 11) is 1.85. The summed E-state index contributed by atoms with van der Waals surface area (Å²) in [6, 6.07) is 2.68. The van der Waals surface area contributed by atoms with Crippen molar-refractivity contribution in [3.8, 4) is 0 Å². The molecule has 1 saturated carbocycles. The molecule has 4 nitrogen and oxygen atoms in total. The molecule has 122 valence electrons. The maximum atomic E-state index is 4.36. The molecular formula is C18H30N4. The van der Waals surface area contributed by atoms with Crippen molar-refractivity contribution < 1.29 is 0 Å². The number of nitrogens with one attached hydrogen (secondary N) is 2. The van der Waals surface area contributed by atoms with Gasteiger partial charge in [0.2, 0.25) is 0 Å². The third-order valence-electron chi connectivity index (χ3n) is 4.81. The molecule has 1 aliphatic rings. The summed E-state index contributed by atoms with van der Waals surface area (Å²) in [6.07, 6.45) is 11.3. The van der Waals surface area contributed by atoms with E-state index < -0.39 is 0 Å². The maximum absolute atomic E-state index is 4.36. The van der Waals surface area contributed by atoms with E-state index in [4.69, 9.17) is 0 Å². The van der Waals surface area contributed by atoms with Gasteiger partial charge in [-0.2, -0.15) is 0 Å². The summed E-state index contributed by atoms with van der Waals surface area (Å²) in [5.74, 6) is 1.87. The van der Waals surface area contributed by atoms with E-state index in [1.807, 2.05) is 19.4 Å². The summed E-state index contributed by atoms with van der Waals surface area (Å²) in [5, 5.41) is 7.01. The molecule has 0 saturated heterocycles. The van der Waals surface area contributed by atoms with Crippen LogP contribution in [0.2, 0.25) is 0 Å². The zero-order chi connectivity index (χ0) is 15.8. The van der Waals surface area contributed by atoms with Crippen LogP contribution in [0.1, 0.15) is 50.2 Å². The molecule has 0 bridgehead atoms. The van der Waals surface area contributed by atoms with E-state index in [1.54, 1.807) is 0 Å². The third kappa shape index (κ3) is 5.00. The highest BCUT2D eigenvalue weighted by Crippen LogP contribution is 2.26. The van der Waals surface area contributed by atoms with Gasteiger partial charge in [-0.05, 0) is 62.1 Å². The molecule has 1 fully saturated rings. The van der Waals surface area contributed by atoms with E-state index in [0.717, 1.165) is 24.8 Å². The van der Waals surface area contributed by atoms with Crippen molar-refractivity contribution in [1.82, 2.24) is 15.6 Å². The molecule has 2 N–H and O–H groups in total. The summed E-state index contributed by atoms with van der Waals surface area (Å²) < 4.78 is 0. The molecular weight excluding hydrogens is 272 g/mol. The molecule has 0 spiro atoms. The van der Waals surface area contributed by atoms with Crippen molar-refractivity contribution >= 4 is 5.96 Å². The molecule has 4 heteroatoms. The molecule has 0 amide bonds. The first-order valence-electron chi connectivity index (χ1n) is 8.59. The summed E-state index contributed by atoms with van der Waals surface area (Å²) in [5.41, 5.74) is 2.60. The summed E-state index contributed by atoms with van der Waals surface area (Å²) in [6.45, 7) is 5.32. The normalized spacial score (nSPS) is 22.4. The highest BCUT2D eigenvalue weighted by atomic mass is 15.2. The first-order valence-corrected chi connectivity index (χ1v) is 8.59. The number of aryl methyl sites for hydroxylation is 1. The van der Waals surface area contributed by atoms with E-state index >= 15 is 0 Å². The second-order valence-electron chi connectivity index (χ2n) is 6.32. The fraction of sp³-hybridized carbons (Fsp3) is 0.667. The van der Waals surface area contributed by atoms with Crippen LogP contribution in [0.3, 0.4) is 0 Å². The topological polar surface area (TPSA) is 49.3 Å². The van der Waals surface area contributed by atoms with Crippen LogP contribution >= 0.6 is 0 Å². The first kappa shape index (κ1) is 16.8. The summed E-state index contributed by atoms with van der Waals surface area (Å²) >= 11 is 0. The van der Waals surface area contributed by atoms with Crippen molar-refractivity contribution in [3.63, 3.8) is 0 Å². The second kappa shape index (κ2) is 8.76. The van der Waals surface area contributed by atoms with Gasteiger partial charge in [-0.25, -0.2) is 0 Å². The van der Waals surface area contributed by atoms with Gasteiger partial charge in [0, 0.05) is 32.0 Å². The Kier molecular flexibility index (Phi) is 6.69. The Hall–Kier alpha value is -1.58. The second-order valence-corrected chi connectivity index (χ2v) is 6.32. The highest BCUT2D eigenvalue weighted by molar-refractivity contribution is 5.79. The van der Waals surface area contributed by atoms with Crippen LogP contribution in [-0.2, 0) is 6.42 Å². The van der Waals surface area contributed by atoms with Gasteiger partial charge < -0.3 is 10.6 Å². The van der Waals surface area contributed by atoms with Gasteiger partial charge in [-0.3, -0.25) is 9.98 Å². The summed E-state index contributed by atoms with van der Waals surface area (Å²) in [4.78, 5) is 8.50. The Balaban J connectivity index is 1.73. The number of hydrogen-bond donors (Lipinski definition) is 2. The molecule has 0 aromatic carbocycles. The van der Waals surface area contributed by atoms with Gasteiger partial charge in [0.1, 0.15) is 0 Å². The Morgan fingerprint density at radius 3 is 2.73 bits per heavy atom. The maximum Gasteiger partial charge on any atom is 0.191 e. The average Bonchev–Trinajstić information content (AvgIpc) is 2.56. The molecule has 0 atom stereocenters. The fourth-order valence-electron chi connectivity index (χ4n) is 3.20. The standard InChI is InChI=1S/C18H30N4/c1-4-15-5-7-17(8-6-15)22-18(19-3)21-12-10-16-9-11-20-13-14(16)2/h9,11,13,15,17H,4-8,10,12H2,1-3H3,(H2,19,21,22). The number of nitrogens with zero attached hydrogens (tertiary/aromatic N) is 2. The van der Waals surface area contributed by atoms with E-state index in [0.29, 0.717) is 6.04 Å². The number of hydrogen-bond acceptors (Lipinski definition) is 2. The van der Waals surface area contributed by atoms with E-state index in [-0.39, 0.29) is 0 Å². The largest absolute Gasteiger partial charge is 0.356 e. The molecule has 22 heavy (non-hydrogen) atoms. The third-order valence-corrected chi connectivity index (χ3v) is 4.81. The van der Waals surface area contributed by atoms with Gasteiger partial charge in [0.15, 0.2) is 5.96 Å². The lowest BCUT2D eigenvalue weighted by molar-refractivity contribution is 0.304. The molecule has 0 aliphatic heterocycles. The minimum Gasteiger partial charge on any atom is -0.356 e. The highest BCUT2D eigenvalue weighted by Gasteiger charge is 2.20. The SMILES string of the molecule is CCC1CCC(NC(=NC)NCCc2ccncc2C)CC1. The van der Waals surface area contributed by atoms with E-state index in [9.17, 15) is 0 Å². The van der Waals surface area contributed by atoms with Crippen molar-refractivity contribution in [2.75, 3.05) is 13.6 Å². The Bertz CT molecular complexity index is 476. The number of rotatable bonds is 5. The average molecular weight is 302 g/mol. The van der Waals surface area contributed by atoms with E-state index in [1.165, 1.54) is 43.2 Å². The van der Waals surface area contributed by atoms with Crippen molar-refractivity contribution in [1.29, 1.82) is 0 Å². The lowest BCUT2D eigenvalue weighted by atomic mass is 9.84. The molecule has 0 radical (unpaired) electrons. The van der Waals surface area contributed by atoms with Gasteiger partial charge in [-0.1, -0.05) is 13.3 Å². The smallest absolute Gasteiger partial charge is 0.191 e.